The van der Waals surface area contributed by atoms with Crippen LogP contribution in [0.2, 0.25) is 0 Å². The van der Waals surface area contributed by atoms with Gasteiger partial charge in [0.1, 0.15) is 5.82 Å². The second-order valence-corrected chi connectivity index (χ2v) is 10.3. The molecule has 7 heteroatoms. The van der Waals surface area contributed by atoms with Crippen LogP contribution in [0.5, 0.6) is 0 Å². The molecule has 1 atom stereocenters. The molecule has 1 aromatic rings. The van der Waals surface area contributed by atoms with Crippen LogP contribution in [-0.4, -0.2) is 69.7 Å². The van der Waals surface area contributed by atoms with E-state index in [4.69, 9.17) is 0 Å². The summed E-state index contributed by atoms with van der Waals surface area (Å²) >= 11 is 0. The maximum Gasteiger partial charge on any atom is 0.211 e. The van der Waals surface area contributed by atoms with E-state index in [0.29, 0.717) is 25.0 Å². The summed E-state index contributed by atoms with van der Waals surface area (Å²) in [6.07, 6.45) is 6.32. The average Bonchev–Trinajstić information content (AvgIpc) is 2.68. The molecular weight excluding hydrogens is 377 g/mol. The minimum Gasteiger partial charge on any atom is -0.317 e. The first-order chi connectivity index (χ1) is 13.4. The van der Waals surface area contributed by atoms with Crippen molar-refractivity contribution in [1.82, 2.24) is 14.5 Å². The third kappa shape index (κ3) is 5.75. The summed E-state index contributed by atoms with van der Waals surface area (Å²) < 4.78 is 39.1. The highest BCUT2D eigenvalue weighted by molar-refractivity contribution is 7.88. The van der Waals surface area contributed by atoms with E-state index in [0.717, 1.165) is 44.5 Å². The van der Waals surface area contributed by atoms with Gasteiger partial charge in [-0.2, -0.15) is 0 Å². The molecule has 158 valence electrons. The fraction of sp³-hybridized carbons (Fsp3) is 0.714. The molecule has 5 nitrogen and oxygen atoms in total. The first kappa shape index (κ1) is 21.7. The Morgan fingerprint density at radius 3 is 2.39 bits per heavy atom. The summed E-state index contributed by atoms with van der Waals surface area (Å²) in [5, 5.41) is 3.37. The molecule has 0 saturated carbocycles. The molecule has 2 saturated heterocycles. The van der Waals surface area contributed by atoms with Crippen molar-refractivity contribution in [3.63, 3.8) is 0 Å². The average molecular weight is 412 g/mol. The highest BCUT2D eigenvalue weighted by atomic mass is 32.2. The van der Waals surface area contributed by atoms with E-state index < -0.39 is 10.0 Å². The smallest absolute Gasteiger partial charge is 0.211 e. The highest BCUT2D eigenvalue weighted by Crippen LogP contribution is 2.36. The maximum atomic E-state index is 13.9. The molecule has 3 rings (SSSR count). The van der Waals surface area contributed by atoms with Crippen LogP contribution in [0.25, 0.3) is 0 Å². The first-order valence-corrected chi connectivity index (χ1v) is 12.3. The summed E-state index contributed by atoms with van der Waals surface area (Å²) in [4.78, 5) is 2.52. The Hall–Kier alpha value is -1.02. The molecule has 0 unspecified atom stereocenters. The van der Waals surface area contributed by atoms with Gasteiger partial charge in [0.2, 0.25) is 10.0 Å². The van der Waals surface area contributed by atoms with E-state index >= 15 is 0 Å². The molecule has 0 bridgehead atoms. The second-order valence-electron chi connectivity index (χ2n) is 8.35. The summed E-state index contributed by atoms with van der Waals surface area (Å²) in [6, 6.07) is 7.61. The van der Waals surface area contributed by atoms with E-state index in [1.807, 2.05) is 13.1 Å². The molecule has 2 aliphatic rings. The van der Waals surface area contributed by atoms with Gasteiger partial charge in [-0.05, 0) is 88.3 Å². The summed E-state index contributed by atoms with van der Waals surface area (Å²) in [5.74, 6) is 0.486. The van der Waals surface area contributed by atoms with Gasteiger partial charge in [-0.25, -0.2) is 17.1 Å². The highest BCUT2D eigenvalue weighted by Gasteiger charge is 2.31. The molecule has 0 amide bonds. The van der Waals surface area contributed by atoms with Crippen molar-refractivity contribution in [3.05, 3.63) is 35.6 Å². The van der Waals surface area contributed by atoms with Gasteiger partial charge >= 0.3 is 0 Å². The van der Waals surface area contributed by atoms with Crippen LogP contribution in [0.15, 0.2) is 24.3 Å². The zero-order chi connectivity index (χ0) is 20.1. The van der Waals surface area contributed by atoms with Crippen LogP contribution in [-0.2, 0) is 10.0 Å². The van der Waals surface area contributed by atoms with Gasteiger partial charge in [0.15, 0.2) is 0 Å². The molecule has 1 aromatic carbocycles. The zero-order valence-corrected chi connectivity index (χ0v) is 17.9. The van der Waals surface area contributed by atoms with E-state index in [2.05, 4.69) is 10.2 Å². The number of rotatable bonds is 7. The number of nitrogens with zero attached hydrogens (tertiary/aromatic N) is 2. The lowest BCUT2D eigenvalue weighted by molar-refractivity contribution is 0.178. The Bertz CT molecular complexity index is 727. The Morgan fingerprint density at radius 2 is 1.82 bits per heavy atom. The Kier molecular flexibility index (Phi) is 7.48. The topological polar surface area (TPSA) is 52.6 Å². The van der Waals surface area contributed by atoms with Crippen molar-refractivity contribution >= 4 is 10.0 Å². The lowest BCUT2D eigenvalue weighted by atomic mass is 9.78. The van der Waals surface area contributed by atoms with E-state index in [1.165, 1.54) is 25.2 Å². The van der Waals surface area contributed by atoms with Crippen LogP contribution in [0.1, 0.15) is 43.6 Å². The normalized spacial score (nSPS) is 22.4. The van der Waals surface area contributed by atoms with E-state index in [1.54, 1.807) is 16.4 Å². The number of benzene rings is 1. The van der Waals surface area contributed by atoms with Crippen LogP contribution >= 0.6 is 0 Å². The van der Waals surface area contributed by atoms with Crippen molar-refractivity contribution < 1.29 is 12.8 Å². The van der Waals surface area contributed by atoms with Crippen LogP contribution in [0.4, 0.5) is 4.39 Å². The molecule has 2 heterocycles. The molecule has 0 aliphatic carbocycles. The van der Waals surface area contributed by atoms with Crippen molar-refractivity contribution in [3.8, 4) is 0 Å². The quantitative estimate of drug-likeness (QED) is 0.750. The number of likely N-dealkylation sites (tertiary alicyclic amines) is 1. The predicted octanol–water partition coefficient (Wildman–Crippen LogP) is 2.65. The largest absolute Gasteiger partial charge is 0.317 e. The number of hydrogen-bond donors (Lipinski definition) is 1. The molecule has 0 radical (unpaired) electrons. The van der Waals surface area contributed by atoms with E-state index in [-0.39, 0.29) is 11.7 Å². The zero-order valence-electron chi connectivity index (χ0n) is 17.1. The second kappa shape index (κ2) is 9.65. The summed E-state index contributed by atoms with van der Waals surface area (Å²) in [6.45, 7) is 4.37. The molecule has 2 fully saturated rings. The minimum absolute atomic E-state index is 0.189. The van der Waals surface area contributed by atoms with Gasteiger partial charge in [-0.1, -0.05) is 12.1 Å². The minimum atomic E-state index is -3.12. The van der Waals surface area contributed by atoms with Gasteiger partial charge in [-0.3, -0.25) is 0 Å². The van der Waals surface area contributed by atoms with Gasteiger partial charge in [0, 0.05) is 19.1 Å². The SMILES string of the molecule is CNC1CCN(CC[C@@H](c2cccc(F)c2)C2CCN(S(C)(=O)=O)CC2)CC1. The number of halogens is 1. The molecule has 0 aromatic heterocycles. The number of hydrogen-bond acceptors (Lipinski definition) is 4. The van der Waals surface area contributed by atoms with Gasteiger partial charge in [-0.15, -0.1) is 0 Å². The molecule has 1 N–H and O–H groups in total. The Morgan fingerprint density at radius 1 is 1.14 bits per heavy atom. The fourth-order valence-corrected chi connectivity index (χ4v) is 5.66. The number of nitrogens with one attached hydrogen (secondary N) is 1. The Balaban J connectivity index is 1.65. The number of piperidine rings is 2. The lowest BCUT2D eigenvalue weighted by Crippen LogP contribution is -2.42. The lowest BCUT2D eigenvalue weighted by Gasteiger charge is -2.37. The molecule has 28 heavy (non-hydrogen) atoms. The van der Waals surface area contributed by atoms with Crippen LogP contribution in [0.3, 0.4) is 0 Å². The van der Waals surface area contributed by atoms with Crippen molar-refractivity contribution in [2.24, 2.45) is 5.92 Å². The van der Waals surface area contributed by atoms with Crippen LogP contribution < -0.4 is 5.32 Å². The third-order valence-electron chi connectivity index (χ3n) is 6.57. The number of sulfonamides is 1. The fourth-order valence-electron chi connectivity index (χ4n) is 4.79. The Labute approximate surface area is 169 Å². The predicted molar refractivity (Wildman–Crippen MR) is 111 cm³/mol. The van der Waals surface area contributed by atoms with Gasteiger partial charge in [0.05, 0.1) is 6.26 Å². The van der Waals surface area contributed by atoms with Crippen molar-refractivity contribution in [2.45, 2.75) is 44.1 Å². The first-order valence-electron chi connectivity index (χ1n) is 10.5. The summed E-state index contributed by atoms with van der Waals surface area (Å²) in [7, 11) is -1.09. The van der Waals surface area contributed by atoms with E-state index in [9.17, 15) is 12.8 Å². The standard InChI is InChI=1S/C21H34FN3O2S/c1-23-20-8-11-24(12-9-20)13-10-21(18-4-3-5-19(22)16-18)17-6-14-25(15-7-17)28(2,26)27/h3-5,16-17,20-21,23H,6-15H2,1-2H3/t21-/m1/s1. The van der Waals surface area contributed by atoms with Gasteiger partial charge < -0.3 is 10.2 Å². The van der Waals surface area contributed by atoms with Gasteiger partial charge in [0.25, 0.3) is 0 Å². The van der Waals surface area contributed by atoms with Crippen molar-refractivity contribution in [2.75, 3.05) is 46.0 Å². The molecule has 2 aliphatic heterocycles. The molecular formula is C21H34FN3O2S. The monoisotopic (exact) mass is 411 g/mol. The third-order valence-corrected chi connectivity index (χ3v) is 7.87. The maximum absolute atomic E-state index is 13.9. The van der Waals surface area contributed by atoms with Crippen molar-refractivity contribution in [1.29, 1.82) is 0 Å². The summed E-state index contributed by atoms with van der Waals surface area (Å²) in [5.41, 5.74) is 1.06. The van der Waals surface area contributed by atoms with Crippen LogP contribution in [0, 0.1) is 11.7 Å². The molecule has 0 spiro atoms.